The third-order valence-corrected chi connectivity index (χ3v) is 7.89. The molecule has 0 atom stereocenters. The lowest BCUT2D eigenvalue weighted by Crippen LogP contribution is -1.95. The number of methoxy groups -OCH3 is 1. The molecule has 134 valence electrons. The Hall–Kier alpha value is -2.30. The Morgan fingerprint density at radius 3 is 2.11 bits per heavy atom. The van der Waals surface area contributed by atoms with Crippen LogP contribution in [0.4, 0.5) is 0 Å². The van der Waals surface area contributed by atoms with Crippen LogP contribution >= 0.6 is 23.5 Å². The molecule has 0 bridgehead atoms. The standard InChI is InChI=1S/C23H19NOS2/c1-24-18-8-4-3-7-17(18)21(22(24)15-11-13-16(25-2)14-12-15)23-26-19-9-5-6-10-20(19)27-23/h3-14,23H,1-2H3. The van der Waals surface area contributed by atoms with E-state index in [-0.39, 0.29) is 0 Å². The van der Waals surface area contributed by atoms with Gasteiger partial charge in [-0.05, 0) is 48.0 Å². The first-order chi connectivity index (χ1) is 13.3. The highest BCUT2D eigenvalue weighted by Gasteiger charge is 2.30. The molecule has 0 N–H and O–H groups in total. The van der Waals surface area contributed by atoms with Gasteiger partial charge in [0.1, 0.15) is 5.75 Å². The zero-order valence-corrected chi connectivity index (χ0v) is 16.8. The number of nitrogens with zero attached hydrogens (tertiary/aromatic N) is 1. The summed E-state index contributed by atoms with van der Waals surface area (Å²) in [6.07, 6.45) is 0. The maximum atomic E-state index is 5.35. The molecule has 0 radical (unpaired) electrons. The fourth-order valence-corrected chi connectivity index (χ4v) is 6.74. The lowest BCUT2D eigenvalue weighted by molar-refractivity contribution is 0.415. The summed E-state index contributed by atoms with van der Waals surface area (Å²) in [5.41, 5.74) is 5.19. The van der Waals surface area contributed by atoms with Crippen molar-refractivity contribution in [2.75, 3.05) is 7.11 Å². The second kappa shape index (κ2) is 6.70. The molecule has 0 spiro atoms. The molecule has 2 heterocycles. The minimum atomic E-state index is 0.352. The molecule has 0 saturated carbocycles. The smallest absolute Gasteiger partial charge is 0.118 e. The molecule has 0 fully saturated rings. The first kappa shape index (κ1) is 16.8. The van der Waals surface area contributed by atoms with Gasteiger partial charge in [-0.15, -0.1) is 23.5 Å². The highest BCUT2D eigenvalue weighted by atomic mass is 32.2. The normalized spacial score (nSPS) is 13.9. The number of rotatable bonds is 3. The van der Waals surface area contributed by atoms with Crippen molar-refractivity contribution in [3.05, 3.63) is 78.4 Å². The molecule has 0 saturated heterocycles. The Kier molecular flexibility index (Phi) is 4.18. The van der Waals surface area contributed by atoms with Gasteiger partial charge in [-0.2, -0.15) is 0 Å². The van der Waals surface area contributed by atoms with Gasteiger partial charge in [-0.3, -0.25) is 0 Å². The van der Waals surface area contributed by atoms with E-state index >= 15 is 0 Å². The summed E-state index contributed by atoms with van der Waals surface area (Å²) in [6, 6.07) is 25.8. The Bertz CT molecular complexity index is 1110. The van der Waals surface area contributed by atoms with Crippen molar-refractivity contribution < 1.29 is 4.74 Å². The Morgan fingerprint density at radius 1 is 0.815 bits per heavy atom. The summed E-state index contributed by atoms with van der Waals surface area (Å²) in [5.74, 6) is 0.885. The number of benzene rings is 3. The van der Waals surface area contributed by atoms with Crippen LogP contribution < -0.4 is 4.74 Å². The van der Waals surface area contributed by atoms with E-state index in [1.165, 1.54) is 37.5 Å². The van der Waals surface area contributed by atoms with Crippen LogP contribution in [0.1, 0.15) is 10.1 Å². The number of aromatic nitrogens is 1. The predicted octanol–water partition coefficient (Wildman–Crippen LogP) is 6.75. The lowest BCUT2D eigenvalue weighted by Gasteiger charge is -2.13. The van der Waals surface area contributed by atoms with Gasteiger partial charge in [0.25, 0.3) is 0 Å². The van der Waals surface area contributed by atoms with Crippen LogP contribution in [0.25, 0.3) is 22.2 Å². The van der Waals surface area contributed by atoms with Crippen LogP contribution in [-0.4, -0.2) is 11.7 Å². The lowest BCUT2D eigenvalue weighted by atomic mass is 10.1. The zero-order valence-electron chi connectivity index (χ0n) is 15.2. The monoisotopic (exact) mass is 389 g/mol. The molecule has 1 aromatic heterocycles. The maximum absolute atomic E-state index is 5.35. The molecule has 0 unspecified atom stereocenters. The van der Waals surface area contributed by atoms with Crippen molar-refractivity contribution in [2.24, 2.45) is 7.05 Å². The van der Waals surface area contributed by atoms with Crippen LogP contribution in [0.3, 0.4) is 0 Å². The van der Waals surface area contributed by atoms with Gasteiger partial charge in [-0.25, -0.2) is 0 Å². The molecule has 4 aromatic rings. The number of aryl methyl sites for hydroxylation is 1. The molecule has 1 aliphatic heterocycles. The second-order valence-electron chi connectivity index (χ2n) is 6.58. The fraction of sp³-hybridized carbons (Fsp3) is 0.130. The topological polar surface area (TPSA) is 14.2 Å². The summed E-state index contributed by atoms with van der Waals surface area (Å²) in [5, 5.41) is 1.34. The van der Waals surface area contributed by atoms with E-state index in [1.54, 1.807) is 7.11 Å². The van der Waals surface area contributed by atoms with Gasteiger partial charge in [0, 0.05) is 33.3 Å². The van der Waals surface area contributed by atoms with Crippen LogP contribution in [0.15, 0.2) is 82.6 Å². The summed E-state index contributed by atoms with van der Waals surface area (Å²) in [4.78, 5) is 2.75. The molecule has 5 rings (SSSR count). The van der Waals surface area contributed by atoms with E-state index in [9.17, 15) is 0 Å². The minimum absolute atomic E-state index is 0.352. The summed E-state index contributed by atoms with van der Waals surface area (Å²) in [6.45, 7) is 0. The van der Waals surface area contributed by atoms with Gasteiger partial charge >= 0.3 is 0 Å². The molecule has 2 nitrogen and oxygen atoms in total. The van der Waals surface area contributed by atoms with E-state index in [0.29, 0.717) is 4.58 Å². The van der Waals surface area contributed by atoms with Gasteiger partial charge in [0.05, 0.1) is 17.4 Å². The summed E-state index contributed by atoms with van der Waals surface area (Å²) < 4.78 is 8.03. The van der Waals surface area contributed by atoms with Crippen molar-refractivity contribution in [3.8, 4) is 17.0 Å². The largest absolute Gasteiger partial charge is 0.497 e. The third kappa shape index (κ3) is 2.75. The van der Waals surface area contributed by atoms with Gasteiger partial charge < -0.3 is 9.30 Å². The Balaban J connectivity index is 1.71. The first-order valence-corrected chi connectivity index (χ1v) is 10.7. The van der Waals surface area contributed by atoms with Gasteiger partial charge in [0.15, 0.2) is 0 Å². The number of fused-ring (bicyclic) bond motifs is 2. The zero-order chi connectivity index (χ0) is 18.4. The molecule has 27 heavy (non-hydrogen) atoms. The van der Waals surface area contributed by atoms with Crippen LogP contribution in [-0.2, 0) is 7.05 Å². The van der Waals surface area contributed by atoms with Crippen molar-refractivity contribution in [2.45, 2.75) is 14.4 Å². The average molecular weight is 390 g/mol. The quantitative estimate of drug-likeness (QED) is 0.385. The van der Waals surface area contributed by atoms with E-state index in [0.717, 1.165) is 5.75 Å². The van der Waals surface area contributed by atoms with E-state index in [1.807, 2.05) is 35.7 Å². The minimum Gasteiger partial charge on any atom is -0.497 e. The second-order valence-corrected chi connectivity index (χ2v) is 9.17. The predicted molar refractivity (Wildman–Crippen MR) is 116 cm³/mol. The summed E-state index contributed by atoms with van der Waals surface area (Å²) in [7, 11) is 3.88. The van der Waals surface area contributed by atoms with Crippen LogP contribution in [0.2, 0.25) is 0 Å². The molecule has 0 amide bonds. The molecule has 1 aliphatic rings. The number of thioether (sulfide) groups is 2. The summed E-state index contributed by atoms with van der Waals surface area (Å²) >= 11 is 3.92. The van der Waals surface area contributed by atoms with E-state index in [4.69, 9.17) is 4.74 Å². The maximum Gasteiger partial charge on any atom is 0.118 e. The van der Waals surface area contributed by atoms with Gasteiger partial charge in [-0.1, -0.05) is 30.3 Å². The molecular weight excluding hydrogens is 370 g/mol. The van der Waals surface area contributed by atoms with Crippen molar-refractivity contribution in [1.29, 1.82) is 0 Å². The van der Waals surface area contributed by atoms with Crippen LogP contribution in [0.5, 0.6) is 5.75 Å². The number of hydrogen-bond acceptors (Lipinski definition) is 3. The SMILES string of the molecule is COc1ccc(-c2c(C3Sc4ccccc4S3)c3ccccc3n2C)cc1. The first-order valence-electron chi connectivity index (χ1n) is 8.90. The molecule has 3 aromatic carbocycles. The molecular formula is C23H19NOS2. The van der Waals surface area contributed by atoms with Crippen molar-refractivity contribution in [1.82, 2.24) is 4.57 Å². The Labute approximate surface area is 167 Å². The van der Waals surface area contributed by atoms with E-state index < -0.39 is 0 Å². The fourth-order valence-electron chi connectivity index (χ4n) is 3.78. The van der Waals surface area contributed by atoms with E-state index in [2.05, 4.69) is 72.3 Å². The number of para-hydroxylation sites is 1. The van der Waals surface area contributed by atoms with Gasteiger partial charge in [0.2, 0.25) is 0 Å². The van der Waals surface area contributed by atoms with Crippen molar-refractivity contribution in [3.63, 3.8) is 0 Å². The molecule has 0 aliphatic carbocycles. The average Bonchev–Trinajstić information content (AvgIpc) is 3.27. The Morgan fingerprint density at radius 2 is 1.44 bits per heavy atom. The third-order valence-electron chi connectivity index (χ3n) is 5.06. The molecule has 4 heteroatoms. The van der Waals surface area contributed by atoms with Crippen molar-refractivity contribution >= 4 is 34.4 Å². The highest BCUT2D eigenvalue weighted by molar-refractivity contribution is 8.19. The number of ether oxygens (including phenoxy) is 1. The highest BCUT2D eigenvalue weighted by Crippen LogP contribution is 2.59. The van der Waals surface area contributed by atoms with Crippen LogP contribution in [0, 0.1) is 0 Å². The number of hydrogen-bond donors (Lipinski definition) is 0.